The first-order valence-electron chi connectivity index (χ1n) is 8.31. The normalized spacial score (nSPS) is 11.0. The van der Waals surface area contributed by atoms with Gasteiger partial charge in [0.2, 0.25) is 10.0 Å². The number of hydrogen-bond donors (Lipinski definition) is 3. The molecule has 3 N–H and O–H groups in total. The number of likely N-dealkylation sites (N-methyl/N-ethyl adjacent to an activating group) is 1. The Hall–Kier alpha value is -2.62. The summed E-state index contributed by atoms with van der Waals surface area (Å²) in [5.41, 5.74) is 0.609. The maximum atomic E-state index is 12.4. The zero-order valence-corrected chi connectivity index (χ0v) is 16.9. The molecule has 0 aliphatic rings. The van der Waals surface area contributed by atoms with Gasteiger partial charge >= 0.3 is 0 Å². The van der Waals surface area contributed by atoms with Crippen LogP contribution in [0.4, 0.5) is 5.69 Å². The quantitative estimate of drug-likeness (QED) is 0.598. The van der Waals surface area contributed by atoms with Crippen molar-refractivity contribution in [3.8, 4) is 5.75 Å². The van der Waals surface area contributed by atoms with Crippen molar-refractivity contribution in [2.75, 3.05) is 25.5 Å². The first kappa shape index (κ1) is 21.7. The zero-order chi connectivity index (χ0) is 20.7. The molecule has 0 bridgehead atoms. The predicted molar refractivity (Wildman–Crippen MR) is 106 cm³/mol. The Balaban J connectivity index is 2.07. The molecule has 0 heterocycles. The molecule has 2 amide bonds. The predicted octanol–water partition coefficient (Wildman–Crippen LogP) is 2.02. The summed E-state index contributed by atoms with van der Waals surface area (Å²) >= 11 is 5.92. The summed E-state index contributed by atoms with van der Waals surface area (Å²) < 4.78 is 31.4. The van der Waals surface area contributed by atoms with E-state index in [1.807, 2.05) is 6.92 Å². The fourth-order valence-electron chi connectivity index (χ4n) is 2.20. The van der Waals surface area contributed by atoms with E-state index in [1.54, 1.807) is 24.3 Å². The Morgan fingerprint density at radius 1 is 1.11 bits per heavy atom. The van der Waals surface area contributed by atoms with Crippen molar-refractivity contribution in [2.45, 2.75) is 11.8 Å². The molecule has 0 fully saturated rings. The van der Waals surface area contributed by atoms with Gasteiger partial charge in [0.1, 0.15) is 10.6 Å². The third kappa shape index (κ3) is 5.69. The summed E-state index contributed by atoms with van der Waals surface area (Å²) in [6.45, 7) is 2.23. The SMILES string of the molecule is CCNC(=O)COc1ccc(NC(=O)c2ccc(Cl)c(S(=O)(=O)NC)c2)cc1. The maximum Gasteiger partial charge on any atom is 0.257 e. The molecule has 0 saturated carbocycles. The maximum absolute atomic E-state index is 12.4. The van der Waals surface area contributed by atoms with Crippen molar-refractivity contribution in [3.63, 3.8) is 0 Å². The lowest BCUT2D eigenvalue weighted by atomic mass is 10.2. The van der Waals surface area contributed by atoms with Crippen molar-refractivity contribution in [2.24, 2.45) is 0 Å². The summed E-state index contributed by atoms with van der Waals surface area (Å²) in [6.07, 6.45) is 0. The van der Waals surface area contributed by atoms with Gasteiger partial charge < -0.3 is 15.4 Å². The molecule has 2 rings (SSSR count). The first-order valence-corrected chi connectivity index (χ1v) is 10.2. The van der Waals surface area contributed by atoms with Gasteiger partial charge in [-0.1, -0.05) is 11.6 Å². The molecule has 8 nitrogen and oxygen atoms in total. The van der Waals surface area contributed by atoms with E-state index in [0.717, 1.165) is 0 Å². The first-order chi connectivity index (χ1) is 13.3. The molecule has 0 spiro atoms. The van der Waals surface area contributed by atoms with Crippen LogP contribution in [-0.2, 0) is 14.8 Å². The lowest BCUT2D eigenvalue weighted by Gasteiger charge is -2.10. The number of benzene rings is 2. The molecule has 0 saturated heterocycles. The Bertz CT molecular complexity index is 962. The Kier molecular flexibility index (Phi) is 7.38. The largest absolute Gasteiger partial charge is 0.484 e. The third-order valence-electron chi connectivity index (χ3n) is 3.61. The highest BCUT2D eigenvalue weighted by Crippen LogP contribution is 2.23. The Morgan fingerprint density at radius 2 is 1.79 bits per heavy atom. The minimum Gasteiger partial charge on any atom is -0.484 e. The molecule has 10 heteroatoms. The number of anilines is 1. The van der Waals surface area contributed by atoms with Gasteiger partial charge in [0.25, 0.3) is 11.8 Å². The molecule has 2 aromatic rings. The van der Waals surface area contributed by atoms with Crippen molar-refractivity contribution in [1.82, 2.24) is 10.0 Å². The van der Waals surface area contributed by atoms with E-state index < -0.39 is 15.9 Å². The van der Waals surface area contributed by atoms with Crippen molar-refractivity contribution in [1.29, 1.82) is 0 Å². The highest BCUT2D eigenvalue weighted by Gasteiger charge is 2.18. The smallest absolute Gasteiger partial charge is 0.257 e. The van der Waals surface area contributed by atoms with E-state index in [1.165, 1.54) is 25.2 Å². The van der Waals surface area contributed by atoms with Crippen LogP contribution in [0.3, 0.4) is 0 Å². The van der Waals surface area contributed by atoms with Gasteiger partial charge in [-0.05, 0) is 56.4 Å². The van der Waals surface area contributed by atoms with Gasteiger partial charge in [-0.15, -0.1) is 0 Å². The van der Waals surface area contributed by atoms with Crippen LogP contribution in [0.2, 0.25) is 5.02 Å². The number of rotatable bonds is 8. The lowest BCUT2D eigenvalue weighted by Crippen LogP contribution is -2.28. The molecule has 0 aliphatic heterocycles. The minimum absolute atomic E-state index is 0.0134. The van der Waals surface area contributed by atoms with Crippen LogP contribution in [0.5, 0.6) is 5.75 Å². The highest BCUT2D eigenvalue weighted by atomic mass is 35.5. The molecule has 0 atom stereocenters. The number of ether oxygens (including phenoxy) is 1. The monoisotopic (exact) mass is 425 g/mol. The summed E-state index contributed by atoms with van der Waals surface area (Å²) in [4.78, 5) is 23.6. The fourth-order valence-corrected chi connectivity index (χ4v) is 3.44. The van der Waals surface area contributed by atoms with Crippen molar-refractivity contribution in [3.05, 3.63) is 53.1 Å². The van der Waals surface area contributed by atoms with E-state index in [9.17, 15) is 18.0 Å². The van der Waals surface area contributed by atoms with Gasteiger partial charge in [0.05, 0.1) is 5.02 Å². The zero-order valence-electron chi connectivity index (χ0n) is 15.3. The summed E-state index contributed by atoms with van der Waals surface area (Å²) in [5, 5.41) is 5.29. The van der Waals surface area contributed by atoms with E-state index in [4.69, 9.17) is 16.3 Å². The second-order valence-electron chi connectivity index (χ2n) is 5.57. The molecule has 28 heavy (non-hydrogen) atoms. The summed E-state index contributed by atoms with van der Waals surface area (Å²) in [7, 11) is -2.53. The number of nitrogens with one attached hydrogen (secondary N) is 3. The summed E-state index contributed by atoms with van der Waals surface area (Å²) in [6, 6.07) is 10.4. The lowest BCUT2D eigenvalue weighted by molar-refractivity contribution is -0.122. The Morgan fingerprint density at radius 3 is 2.39 bits per heavy atom. The van der Waals surface area contributed by atoms with Gasteiger partial charge in [0.15, 0.2) is 6.61 Å². The second kappa shape index (κ2) is 9.54. The van der Waals surface area contributed by atoms with Crippen LogP contribution in [0.25, 0.3) is 0 Å². The molecule has 2 aromatic carbocycles. The van der Waals surface area contributed by atoms with Crippen molar-refractivity contribution < 1.29 is 22.7 Å². The number of carbonyl (C=O) groups is 2. The minimum atomic E-state index is -3.79. The molecule has 0 radical (unpaired) electrons. The van der Waals surface area contributed by atoms with E-state index in [2.05, 4.69) is 15.4 Å². The van der Waals surface area contributed by atoms with E-state index >= 15 is 0 Å². The van der Waals surface area contributed by atoms with E-state index in [0.29, 0.717) is 18.0 Å². The number of halogens is 1. The number of hydrogen-bond acceptors (Lipinski definition) is 5. The van der Waals surface area contributed by atoms with E-state index in [-0.39, 0.29) is 28.0 Å². The van der Waals surface area contributed by atoms with Gasteiger partial charge in [-0.25, -0.2) is 13.1 Å². The summed E-state index contributed by atoms with van der Waals surface area (Å²) in [5.74, 6) is -0.256. The number of carbonyl (C=O) groups excluding carboxylic acids is 2. The molecular weight excluding hydrogens is 406 g/mol. The van der Waals surface area contributed by atoms with Crippen LogP contribution in [0.1, 0.15) is 17.3 Å². The van der Waals surface area contributed by atoms with Gasteiger partial charge in [-0.3, -0.25) is 9.59 Å². The van der Waals surface area contributed by atoms with Crippen LogP contribution >= 0.6 is 11.6 Å². The number of sulfonamides is 1. The molecule has 0 aromatic heterocycles. The number of amides is 2. The Labute approximate surface area is 168 Å². The van der Waals surface area contributed by atoms with Crippen molar-refractivity contribution >= 4 is 39.1 Å². The average molecular weight is 426 g/mol. The third-order valence-corrected chi connectivity index (χ3v) is 5.50. The standard InChI is InChI=1S/C18H20ClN3O5S/c1-3-21-17(23)11-27-14-7-5-13(6-8-14)22-18(24)12-4-9-15(19)16(10-12)28(25,26)20-2/h4-10,20H,3,11H2,1-2H3,(H,21,23)(H,22,24). The average Bonchev–Trinajstić information content (AvgIpc) is 2.67. The topological polar surface area (TPSA) is 114 Å². The second-order valence-corrected chi connectivity index (χ2v) is 7.84. The van der Waals surface area contributed by atoms with Crippen LogP contribution in [0, 0.1) is 0 Å². The molecular formula is C18H20ClN3O5S. The fraction of sp³-hybridized carbons (Fsp3) is 0.222. The van der Waals surface area contributed by atoms with Gasteiger partial charge in [-0.2, -0.15) is 0 Å². The van der Waals surface area contributed by atoms with Crippen LogP contribution in [0.15, 0.2) is 47.4 Å². The molecule has 0 unspecified atom stereocenters. The molecule has 0 aliphatic carbocycles. The van der Waals surface area contributed by atoms with Gasteiger partial charge in [0, 0.05) is 17.8 Å². The van der Waals surface area contributed by atoms with Crippen LogP contribution < -0.4 is 20.1 Å². The van der Waals surface area contributed by atoms with Crippen LogP contribution in [-0.4, -0.2) is 40.4 Å². The highest BCUT2D eigenvalue weighted by molar-refractivity contribution is 7.89. The molecule has 150 valence electrons.